The molecule has 2 fully saturated rings. The maximum Gasteiger partial charge on any atom is 0.360 e. The number of hydrogen-bond donors (Lipinski definition) is 0. The van der Waals surface area contributed by atoms with E-state index in [0.717, 1.165) is 22.7 Å². The van der Waals surface area contributed by atoms with Crippen molar-refractivity contribution in [3.8, 4) is 11.5 Å². The van der Waals surface area contributed by atoms with Crippen molar-refractivity contribution in [3.63, 3.8) is 0 Å². The van der Waals surface area contributed by atoms with Crippen molar-refractivity contribution in [3.05, 3.63) is 44.5 Å². The number of likely N-dealkylation sites (tertiary alicyclic amines) is 2. The van der Waals surface area contributed by atoms with Crippen molar-refractivity contribution < 1.29 is 23.6 Å². The van der Waals surface area contributed by atoms with Gasteiger partial charge in [0.1, 0.15) is 5.69 Å². The van der Waals surface area contributed by atoms with Crippen LogP contribution in [0.3, 0.4) is 0 Å². The van der Waals surface area contributed by atoms with Gasteiger partial charge < -0.3 is 19.1 Å². The largest absolute Gasteiger partial charge is 0.461 e. The van der Waals surface area contributed by atoms with Gasteiger partial charge in [-0.1, -0.05) is 11.2 Å². The first-order valence-electron chi connectivity index (χ1n) is 11.7. The van der Waals surface area contributed by atoms with E-state index in [4.69, 9.17) is 14.2 Å². The van der Waals surface area contributed by atoms with E-state index in [9.17, 15) is 14.4 Å². The summed E-state index contributed by atoms with van der Waals surface area (Å²) < 4.78 is 10.2. The Morgan fingerprint density at radius 3 is 2.83 bits per heavy atom. The molecule has 1 unspecified atom stereocenters. The molecule has 35 heavy (non-hydrogen) atoms. The van der Waals surface area contributed by atoms with E-state index in [1.807, 2.05) is 27.8 Å². The fraction of sp³-hybridized carbons (Fsp3) is 0.458. The van der Waals surface area contributed by atoms with Crippen molar-refractivity contribution in [2.24, 2.45) is 5.92 Å². The number of ether oxygens (including phenoxy) is 1. The van der Waals surface area contributed by atoms with Gasteiger partial charge in [0, 0.05) is 48.3 Å². The second-order valence-corrected chi connectivity index (χ2v) is 10.6. The van der Waals surface area contributed by atoms with Gasteiger partial charge in [-0.3, -0.25) is 9.59 Å². The van der Waals surface area contributed by atoms with Crippen LogP contribution >= 0.6 is 22.7 Å². The molecule has 0 radical (unpaired) electrons. The van der Waals surface area contributed by atoms with Gasteiger partial charge >= 0.3 is 5.97 Å². The summed E-state index contributed by atoms with van der Waals surface area (Å²) in [5.74, 6) is 0.0463. The van der Waals surface area contributed by atoms with Gasteiger partial charge in [0.15, 0.2) is 11.5 Å². The van der Waals surface area contributed by atoms with E-state index in [2.05, 4.69) is 5.16 Å². The minimum Gasteiger partial charge on any atom is -0.461 e. The number of carbonyl (C=O) groups excluding carboxylic acids is 3. The molecule has 0 aliphatic carbocycles. The second-order valence-electron chi connectivity index (χ2n) is 8.72. The van der Waals surface area contributed by atoms with Crippen LogP contribution in [0.1, 0.15) is 52.5 Å². The van der Waals surface area contributed by atoms with Crippen LogP contribution in [0.4, 0.5) is 0 Å². The number of aromatic nitrogens is 2. The molecule has 9 nitrogen and oxygen atoms in total. The molecule has 2 aliphatic rings. The fourth-order valence-corrected chi connectivity index (χ4v) is 6.27. The summed E-state index contributed by atoms with van der Waals surface area (Å²) in [6.07, 6.45) is 1.94. The molecule has 11 heteroatoms. The molecular formula is C24H26N4O5S2. The lowest BCUT2D eigenvalue weighted by Crippen LogP contribution is -2.42. The molecule has 184 valence electrons. The number of carbonyl (C=O) groups is 3. The topological polar surface area (TPSA) is 106 Å². The Labute approximate surface area is 210 Å². The van der Waals surface area contributed by atoms with E-state index in [-0.39, 0.29) is 36.0 Å². The molecule has 1 atom stereocenters. The van der Waals surface area contributed by atoms with Gasteiger partial charge in [-0.2, -0.15) is 0 Å². The lowest BCUT2D eigenvalue weighted by molar-refractivity contribution is -0.136. The summed E-state index contributed by atoms with van der Waals surface area (Å²) in [7, 11) is 0. The molecule has 3 aromatic rings. The Bertz CT molecular complexity index is 1200. The third-order valence-electron chi connectivity index (χ3n) is 6.42. The van der Waals surface area contributed by atoms with Crippen molar-refractivity contribution in [1.82, 2.24) is 19.9 Å². The number of piperidine rings is 1. The van der Waals surface area contributed by atoms with Crippen LogP contribution in [-0.4, -0.2) is 64.0 Å². The van der Waals surface area contributed by atoms with Gasteiger partial charge in [0.05, 0.1) is 24.1 Å². The molecule has 3 aromatic heterocycles. The maximum atomic E-state index is 13.1. The number of thiophene rings is 1. The monoisotopic (exact) mass is 514 g/mol. The molecule has 2 amide bonds. The Kier molecular flexibility index (Phi) is 6.96. The molecule has 0 bridgehead atoms. The van der Waals surface area contributed by atoms with Crippen molar-refractivity contribution in [1.29, 1.82) is 0 Å². The first-order valence-corrected chi connectivity index (χ1v) is 13.5. The number of esters is 1. The van der Waals surface area contributed by atoms with Crippen LogP contribution in [0.25, 0.3) is 11.5 Å². The van der Waals surface area contributed by atoms with Crippen LogP contribution in [0.2, 0.25) is 0 Å². The van der Waals surface area contributed by atoms with E-state index in [1.54, 1.807) is 40.6 Å². The molecule has 0 spiro atoms. The molecule has 2 aliphatic heterocycles. The Balaban J connectivity index is 1.15. The van der Waals surface area contributed by atoms with Crippen LogP contribution in [0, 0.1) is 5.92 Å². The van der Waals surface area contributed by atoms with Gasteiger partial charge in [0.25, 0.3) is 0 Å². The smallest absolute Gasteiger partial charge is 0.360 e. The zero-order valence-electron chi connectivity index (χ0n) is 19.3. The highest BCUT2D eigenvalue weighted by Gasteiger charge is 2.38. The molecule has 0 saturated carbocycles. The average Bonchev–Trinajstić information content (AvgIpc) is 3.66. The van der Waals surface area contributed by atoms with E-state index in [1.165, 1.54) is 0 Å². The lowest BCUT2D eigenvalue weighted by atomic mass is 9.96. The van der Waals surface area contributed by atoms with Crippen molar-refractivity contribution in [2.75, 3.05) is 26.2 Å². The average molecular weight is 515 g/mol. The summed E-state index contributed by atoms with van der Waals surface area (Å²) >= 11 is 3.18. The van der Waals surface area contributed by atoms with Gasteiger partial charge in [-0.25, -0.2) is 9.78 Å². The normalized spacial score (nSPS) is 18.9. The molecule has 5 heterocycles. The van der Waals surface area contributed by atoms with E-state index in [0.29, 0.717) is 44.1 Å². The summed E-state index contributed by atoms with van der Waals surface area (Å²) in [6.45, 7) is 4.40. The molecule has 0 aromatic carbocycles. The number of hydrogen-bond acceptors (Lipinski definition) is 9. The van der Waals surface area contributed by atoms with Gasteiger partial charge in [0.2, 0.25) is 11.8 Å². The molecule has 0 N–H and O–H groups in total. The van der Waals surface area contributed by atoms with Crippen LogP contribution in [-0.2, 0) is 20.9 Å². The highest BCUT2D eigenvalue weighted by molar-refractivity contribution is 7.10. The fourth-order valence-electron chi connectivity index (χ4n) is 4.57. The predicted molar refractivity (Wildman–Crippen MR) is 130 cm³/mol. The molecule has 5 rings (SSSR count). The van der Waals surface area contributed by atoms with Crippen molar-refractivity contribution in [2.45, 2.75) is 38.6 Å². The van der Waals surface area contributed by atoms with Crippen LogP contribution in [0.5, 0.6) is 0 Å². The standard InChI is InChI=1S/C24H26N4O5S2/c1-2-32-24(31)18-11-20(33-26-18)19-14-35-22(25-19)15-5-7-27(8-6-15)23(30)16-10-21(29)28(12-16)13-17-4-3-9-34-17/h3-4,9,11,14-16H,2,5-8,10,12-13H2,1H3. The number of nitrogens with zero attached hydrogens (tertiary/aromatic N) is 4. The zero-order valence-corrected chi connectivity index (χ0v) is 21.0. The van der Waals surface area contributed by atoms with Crippen LogP contribution in [0.15, 0.2) is 33.5 Å². The Morgan fingerprint density at radius 1 is 1.26 bits per heavy atom. The first kappa shape index (κ1) is 23.7. The lowest BCUT2D eigenvalue weighted by Gasteiger charge is -2.32. The van der Waals surface area contributed by atoms with Crippen LogP contribution < -0.4 is 0 Å². The Morgan fingerprint density at radius 2 is 2.09 bits per heavy atom. The molecule has 2 saturated heterocycles. The predicted octanol–water partition coefficient (Wildman–Crippen LogP) is 3.79. The quantitative estimate of drug-likeness (QED) is 0.442. The number of rotatable bonds is 7. The third-order valence-corrected chi connectivity index (χ3v) is 8.28. The van der Waals surface area contributed by atoms with Gasteiger partial charge in [-0.05, 0) is 31.2 Å². The highest BCUT2D eigenvalue weighted by atomic mass is 32.1. The Hall–Kier alpha value is -3.05. The third kappa shape index (κ3) is 5.15. The van der Waals surface area contributed by atoms with Gasteiger partial charge in [-0.15, -0.1) is 22.7 Å². The van der Waals surface area contributed by atoms with E-state index >= 15 is 0 Å². The number of amides is 2. The number of thiazole rings is 1. The maximum absolute atomic E-state index is 13.1. The summed E-state index contributed by atoms with van der Waals surface area (Å²) in [5, 5.41) is 8.66. The minimum atomic E-state index is -0.520. The zero-order chi connectivity index (χ0) is 24.4. The summed E-state index contributed by atoms with van der Waals surface area (Å²) in [6, 6.07) is 5.54. The summed E-state index contributed by atoms with van der Waals surface area (Å²) in [5.41, 5.74) is 0.768. The first-order chi connectivity index (χ1) is 17.0. The summed E-state index contributed by atoms with van der Waals surface area (Å²) in [4.78, 5) is 46.9. The molecular weight excluding hydrogens is 488 g/mol. The van der Waals surface area contributed by atoms with E-state index < -0.39 is 5.97 Å². The highest BCUT2D eigenvalue weighted by Crippen LogP contribution is 2.34. The minimum absolute atomic E-state index is 0.0560. The second kappa shape index (κ2) is 10.3. The SMILES string of the molecule is CCOC(=O)c1cc(-c2csc(C3CCN(C(=O)C4CC(=O)N(Cc5cccs5)C4)CC3)n2)on1. The van der Waals surface area contributed by atoms with Crippen molar-refractivity contribution >= 4 is 40.5 Å².